The lowest BCUT2D eigenvalue weighted by Gasteiger charge is -2.18. The van der Waals surface area contributed by atoms with Crippen molar-refractivity contribution < 1.29 is 14.8 Å². The Balaban J connectivity index is 2.31. The van der Waals surface area contributed by atoms with Crippen LogP contribution in [0.25, 0.3) is 0 Å². The van der Waals surface area contributed by atoms with Crippen molar-refractivity contribution >= 4 is 5.97 Å². The Morgan fingerprint density at radius 3 is 3.10 bits per heavy atom. The summed E-state index contributed by atoms with van der Waals surface area (Å²) in [6, 6.07) is -0.0984. The maximum Gasteiger partial charge on any atom is 0.328 e. The minimum absolute atomic E-state index is 0.0984. The third kappa shape index (κ3) is 1.68. The predicted molar refractivity (Wildman–Crippen MR) is 35.5 cm³/mol. The van der Waals surface area contributed by atoms with Crippen LogP contribution in [0.3, 0.4) is 0 Å². The van der Waals surface area contributed by atoms with Crippen LogP contribution in [0.2, 0.25) is 0 Å². The van der Waals surface area contributed by atoms with E-state index in [1.807, 2.05) is 0 Å². The molecule has 0 aromatic heterocycles. The number of esters is 1. The molecule has 10 heavy (non-hydrogen) atoms. The first-order valence-electron chi connectivity index (χ1n) is 3.47. The molecule has 1 rings (SSSR count). The number of hydrogen-bond acceptors (Lipinski definition) is 3. The minimum atomic E-state index is -0.157. The number of methoxy groups -OCH3 is 1. The van der Waals surface area contributed by atoms with Gasteiger partial charge in [0.15, 0.2) is 6.04 Å². The fourth-order valence-corrected chi connectivity index (χ4v) is 1.05. The molecule has 58 valence electrons. The zero-order valence-electron chi connectivity index (χ0n) is 6.09. The highest BCUT2D eigenvalue weighted by molar-refractivity contribution is 5.75. The van der Waals surface area contributed by atoms with Gasteiger partial charge in [0.05, 0.1) is 13.7 Å². The highest BCUT2D eigenvalue weighted by Crippen LogP contribution is 1.84. The quantitative estimate of drug-likeness (QED) is 0.408. The zero-order valence-corrected chi connectivity index (χ0v) is 6.09. The molecule has 0 saturated carbocycles. The van der Waals surface area contributed by atoms with Crippen molar-refractivity contribution in [3.8, 4) is 0 Å². The molecule has 3 N–H and O–H groups in total. The largest absolute Gasteiger partial charge is 0.468 e. The van der Waals surface area contributed by atoms with Gasteiger partial charge in [-0.3, -0.25) is 10.1 Å². The first kappa shape index (κ1) is 7.50. The number of nitrogens with one attached hydrogen (secondary N) is 1. The smallest absolute Gasteiger partial charge is 0.328 e. The molecule has 0 bridgehead atoms. The second-order valence-electron chi connectivity index (χ2n) is 2.34. The fraction of sp³-hybridized carbons (Fsp3) is 0.833. The third-order valence-electron chi connectivity index (χ3n) is 1.63. The Morgan fingerprint density at radius 2 is 2.60 bits per heavy atom. The molecule has 1 aliphatic rings. The molecule has 1 heterocycles. The van der Waals surface area contributed by atoms with Crippen LogP contribution in [0.1, 0.15) is 0 Å². The molecule has 1 atom stereocenters. The van der Waals surface area contributed by atoms with Gasteiger partial charge in [-0.15, -0.1) is 0 Å². The summed E-state index contributed by atoms with van der Waals surface area (Å²) in [5.41, 5.74) is 0. The molecule has 0 aromatic carbocycles. The van der Waals surface area contributed by atoms with Crippen molar-refractivity contribution in [2.45, 2.75) is 6.04 Å². The standard InChI is InChI=1S/C6H12N2O2/c1-10-6(9)5-4-7-2-3-8-5/h5,7-8H,2-4H2,1H3/p+1/t5-/m0/s1. The first-order valence-corrected chi connectivity index (χ1v) is 3.47. The van der Waals surface area contributed by atoms with Gasteiger partial charge in [0.25, 0.3) is 0 Å². The molecule has 1 saturated heterocycles. The number of ether oxygens (including phenoxy) is 1. The number of nitrogens with two attached hydrogens (primary N) is 1. The first-order chi connectivity index (χ1) is 4.84. The van der Waals surface area contributed by atoms with E-state index in [-0.39, 0.29) is 12.0 Å². The topological polar surface area (TPSA) is 54.9 Å². The van der Waals surface area contributed by atoms with Gasteiger partial charge in [-0.2, -0.15) is 0 Å². The van der Waals surface area contributed by atoms with E-state index in [9.17, 15) is 4.79 Å². The molecular formula is C6H13N2O2+. The van der Waals surface area contributed by atoms with Gasteiger partial charge in [-0.1, -0.05) is 0 Å². The van der Waals surface area contributed by atoms with Crippen LogP contribution in [0, 0.1) is 0 Å². The average molecular weight is 145 g/mol. The van der Waals surface area contributed by atoms with Crippen LogP contribution >= 0.6 is 0 Å². The van der Waals surface area contributed by atoms with Crippen molar-refractivity contribution in [1.29, 1.82) is 0 Å². The van der Waals surface area contributed by atoms with Crippen molar-refractivity contribution in [3.05, 3.63) is 0 Å². The molecule has 0 amide bonds. The van der Waals surface area contributed by atoms with Crippen molar-refractivity contribution in [2.24, 2.45) is 0 Å². The maximum absolute atomic E-state index is 10.9. The van der Waals surface area contributed by atoms with E-state index < -0.39 is 0 Å². The third-order valence-corrected chi connectivity index (χ3v) is 1.63. The maximum atomic E-state index is 10.9. The van der Waals surface area contributed by atoms with Crippen LogP contribution in [0.5, 0.6) is 0 Å². The number of hydrogen-bond donors (Lipinski definition) is 2. The van der Waals surface area contributed by atoms with Gasteiger partial charge >= 0.3 is 5.97 Å². The monoisotopic (exact) mass is 145 g/mol. The number of piperazine rings is 1. The number of carbonyl (C=O) groups is 1. The summed E-state index contributed by atoms with van der Waals surface area (Å²) in [7, 11) is 1.42. The summed E-state index contributed by atoms with van der Waals surface area (Å²) in [5.74, 6) is -0.157. The normalized spacial score (nSPS) is 25.9. The molecule has 0 spiro atoms. The van der Waals surface area contributed by atoms with E-state index >= 15 is 0 Å². The van der Waals surface area contributed by atoms with E-state index in [4.69, 9.17) is 0 Å². The van der Waals surface area contributed by atoms with E-state index in [2.05, 4.69) is 15.4 Å². The van der Waals surface area contributed by atoms with Gasteiger partial charge in [-0.25, -0.2) is 0 Å². The second-order valence-corrected chi connectivity index (χ2v) is 2.34. The lowest BCUT2D eigenvalue weighted by molar-refractivity contribution is -0.661. The van der Waals surface area contributed by atoms with Gasteiger partial charge in [-0.05, 0) is 0 Å². The van der Waals surface area contributed by atoms with Crippen LogP contribution in [0.15, 0.2) is 0 Å². The van der Waals surface area contributed by atoms with Crippen molar-refractivity contribution in [3.63, 3.8) is 0 Å². The summed E-state index contributed by atoms with van der Waals surface area (Å²) in [6.45, 7) is 2.74. The van der Waals surface area contributed by atoms with Gasteiger partial charge in [0.2, 0.25) is 0 Å². The summed E-state index contributed by atoms with van der Waals surface area (Å²) in [4.78, 5) is 10.9. The Morgan fingerprint density at radius 1 is 1.80 bits per heavy atom. The van der Waals surface area contributed by atoms with Crippen LogP contribution in [0.4, 0.5) is 0 Å². The Bertz CT molecular complexity index is 121. The van der Waals surface area contributed by atoms with Crippen LogP contribution < -0.4 is 10.6 Å². The Kier molecular flexibility index (Phi) is 2.65. The molecule has 0 aliphatic carbocycles. The van der Waals surface area contributed by atoms with E-state index in [0.717, 1.165) is 19.6 Å². The number of rotatable bonds is 1. The highest BCUT2D eigenvalue weighted by Gasteiger charge is 2.22. The summed E-state index contributed by atoms with van der Waals surface area (Å²) in [6.07, 6.45) is 0. The molecule has 0 aromatic rings. The molecule has 4 heteroatoms. The molecule has 0 unspecified atom stereocenters. The van der Waals surface area contributed by atoms with Gasteiger partial charge < -0.3 is 10.1 Å². The minimum Gasteiger partial charge on any atom is -0.468 e. The van der Waals surface area contributed by atoms with E-state index in [1.54, 1.807) is 0 Å². The Hall–Kier alpha value is -0.610. The molecule has 1 fully saturated rings. The molecule has 1 aliphatic heterocycles. The lowest BCUT2D eigenvalue weighted by Crippen LogP contribution is -2.92. The van der Waals surface area contributed by atoms with E-state index in [1.165, 1.54) is 7.11 Å². The lowest BCUT2D eigenvalue weighted by atomic mass is 10.2. The molecule has 4 nitrogen and oxygen atoms in total. The van der Waals surface area contributed by atoms with E-state index in [0.29, 0.717) is 0 Å². The summed E-state index contributed by atoms with van der Waals surface area (Å²) >= 11 is 0. The summed E-state index contributed by atoms with van der Waals surface area (Å²) < 4.78 is 4.57. The van der Waals surface area contributed by atoms with Crippen molar-refractivity contribution in [2.75, 3.05) is 26.7 Å². The van der Waals surface area contributed by atoms with Crippen LogP contribution in [-0.4, -0.2) is 38.8 Å². The highest BCUT2D eigenvalue weighted by atomic mass is 16.5. The SMILES string of the molecule is COC(=O)[C@@H]1C[NH2+]CCN1. The van der Waals surface area contributed by atoms with Crippen LogP contribution in [-0.2, 0) is 9.53 Å². The second kappa shape index (κ2) is 3.53. The van der Waals surface area contributed by atoms with Gasteiger partial charge in [0.1, 0.15) is 6.54 Å². The average Bonchev–Trinajstić information content (AvgIpc) is 2.05. The van der Waals surface area contributed by atoms with Gasteiger partial charge in [0, 0.05) is 6.54 Å². The molecule has 0 radical (unpaired) electrons. The number of carbonyl (C=O) groups excluding carboxylic acids is 1. The molecular weight excluding hydrogens is 132 g/mol. The predicted octanol–water partition coefficient (Wildman–Crippen LogP) is -2.31. The fourth-order valence-electron chi connectivity index (χ4n) is 1.05. The Labute approximate surface area is 59.9 Å². The van der Waals surface area contributed by atoms with Crippen molar-refractivity contribution in [1.82, 2.24) is 5.32 Å². The zero-order chi connectivity index (χ0) is 7.40. The summed E-state index contributed by atoms with van der Waals surface area (Å²) in [5, 5.41) is 5.17. The number of quaternary nitrogens is 1.